The van der Waals surface area contributed by atoms with Crippen molar-refractivity contribution in [2.24, 2.45) is 0 Å². The van der Waals surface area contributed by atoms with Crippen molar-refractivity contribution in [1.29, 1.82) is 0 Å². The van der Waals surface area contributed by atoms with Gasteiger partial charge in [-0.05, 0) is 18.6 Å². The molecule has 16 heavy (non-hydrogen) atoms. The largest absolute Gasteiger partial charge is 0.399 e. The Morgan fingerprint density at radius 2 is 2.00 bits per heavy atom. The fraction of sp³-hybridized carbons (Fsp3) is 0.333. The molecule has 0 saturated carbocycles. The first-order valence-electron chi connectivity index (χ1n) is 4.62. The minimum absolute atomic E-state index is 0.143. The summed E-state index contributed by atoms with van der Waals surface area (Å²) in [5.74, 6) is -2.70. The molecule has 3 N–H and O–H groups in total. The van der Waals surface area contributed by atoms with Gasteiger partial charge >= 0.3 is 0 Å². The highest BCUT2D eigenvalue weighted by molar-refractivity contribution is 7.89. The third-order valence-electron chi connectivity index (χ3n) is 1.85. The van der Waals surface area contributed by atoms with Gasteiger partial charge in [0.05, 0.1) is 0 Å². The summed E-state index contributed by atoms with van der Waals surface area (Å²) in [5.41, 5.74) is 5.11. The fourth-order valence-corrected chi connectivity index (χ4v) is 2.35. The van der Waals surface area contributed by atoms with Gasteiger partial charge in [0, 0.05) is 12.2 Å². The van der Waals surface area contributed by atoms with Gasteiger partial charge in [-0.2, -0.15) is 0 Å². The third kappa shape index (κ3) is 2.67. The molecule has 0 bridgehead atoms. The SMILES string of the molecule is CCCNS(=O)(=O)c1cc(N)cc(F)c1F. The number of nitrogens with one attached hydrogen (secondary N) is 1. The summed E-state index contributed by atoms with van der Waals surface area (Å²) in [6.45, 7) is 1.90. The Labute approximate surface area is 92.5 Å². The molecule has 1 rings (SSSR count). The molecule has 0 aliphatic carbocycles. The van der Waals surface area contributed by atoms with E-state index in [2.05, 4.69) is 4.72 Å². The van der Waals surface area contributed by atoms with Crippen molar-refractivity contribution in [2.75, 3.05) is 12.3 Å². The van der Waals surface area contributed by atoms with Crippen LogP contribution in [-0.4, -0.2) is 15.0 Å². The molecule has 0 fully saturated rings. The molecule has 0 heterocycles. The highest BCUT2D eigenvalue weighted by atomic mass is 32.2. The molecular formula is C9H12F2N2O2S. The molecule has 0 aromatic heterocycles. The Morgan fingerprint density at radius 3 is 2.56 bits per heavy atom. The van der Waals surface area contributed by atoms with Gasteiger partial charge in [0.2, 0.25) is 10.0 Å². The summed E-state index contributed by atoms with van der Waals surface area (Å²) in [4.78, 5) is -0.765. The second-order valence-electron chi connectivity index (χ2n) is 3.21. The molecule has 0 aliphatic rings. The summed E-state index contributed by atoms with van der Waals surface area (Å²) in [6, 6.07) is 1.62. The number of anilines is 1. The average Bonchev–Trinajstić information content (AvgIpc) is 2.20. The standard InChI is InChI=1S/C9H12F2N2O2S/c1-2-3-13-16(14,15)8-5-6(12)4-7(10)9(8)11/h4-5,13H,2-3,12H2,1H3. The van der Waals surface area contributed by atoms with Crippen LogP contribution in [-0.2, 0) is 10.0 Å². The summed E-state index contributed by atoms with van der Waals surface area (Å²) >= 11 is 0. The molecule has 0 amide bonds. The lowest BCUT2D eigenvalue weighted by atomic mass is 10.3. The lowest BCUT2D eigenvalue weighted by Gasteiger charge is -2.08. The van der Waals surface area contributed by atoms with Crippen LogP contribution in [0.4, 0.5) is 14.5 Å². The molecule has 4 nitrogen and oxygen atoms in total. The number of halogens is 2. The molecule has 0 atom stereocenters. The Balaban J connectivity index is 3.22. The molecule has 1 aromatic carbocycles. The summed E-state index contributed by atoms with van der Waals surface area (Å²) in [7, 11) is -4.04. The first kappa shape index (κ1) is 12.9. The zero-order valence-electron chi connectivity index (χ0n) is 8.63. The molecule has 0 saturated heterocycles. The van der Waals surface area contributed by atoms with Crippen LogP contribution in [0, 0.1) is 11.6 Å². The number of hydrogen-bond acceptors (Lipinski definition) is 3. The topological polar surface area (TPSA) is 72.2 Å². The van der Waals surface area contributed by atoms with Crippen molar-refractivity contribution in [3.05, 3.63) is 23.8 Å². The summed E-state index contributed by atoms with van der Waals surface area (Å²) in [6.07, 6.45) is 0.547. The van der Waals surface area contributed by atoms with Gasteiger partial charge in [-0.1, -0.05) is 6.92 Å². The van der Waals surface area contributed by atoms with E-state index in [1.165, 1.54) is 0 Å². The van der Waals surface area contributed by atoms with Crippen molar-refractivity contribution < 1.29 is 17.2 Å². The maximum atomic E-state index is 13.3. The fourth-order valence-electron chi connectivity index (χ4n) is 1.09. The van der Waals surface area contributed by atoms with Gasteiger partial charge in [-0.15, -0.1) is 0 Å². The zero-order valence-corrected chi connectivity index (χ0v) is 9.44. The van der Waals surface area contributed by atoms with E-state index < -0.39 is 26.6 Å². The summed E-state index contributed by atoms with van der Waals surface area (Å²) in [5, 5.41) is 0. The van der Waals surface area contributed by atoms with E-state index in [0.717, 1.165) is 12.1 Å². The number of sulfonamides is 1. The second kappa shape index (κ2) is 4.75. The molecule has 7 heteroatoms. The van der Waals surface area contributed by atoms with Crippen LogP contribution in [0.1, 0.15) is 13.3 Å². The van der Waals surface area contributed by atoms with Crippen molar-refractivity contribution in [1.82, 2.24) is 4.72 Å². The first-order chi connectivity index (χ1) is 7.38. The Kier molecular flexibility index (Phi) is 3.82. The quantitative estimate of drug-likeness (QED) is 0.789. The maximum absolute atomic E-state index is 13.3. The van der Waals surface area contributed by atoms with Crippen molar-refractivity contribution in [3.8, 4) is 0 Å². The van der Waals surface area contributed by atoms with Gasteiger partial charge in [0.15, 0.2) is 11.6 Å². The van der Waals surface area contributed by atoms with E-state index in [-0.39, 0.29) is 12.2 Å². The van der Waals surface area contributed by atoms with Crippen LogP contribution >= 0.6 is 0 Å². The van der Waals surface area contributed by atoms with Crippen LogP contribution in [0.25, 0.3) is 0 Å². The molecule has 0 aliphatic heterocycles. The van der Waals surface area contributed by atoms with Crippen LogP contribution in [0.15, 0.2) is 17.0 Å². The predicted octanol–water partition coefficient (Wildman–Crippen LogP) is 1.24. The number of hydrogen-bond donors (Lipinski definition) is 2. The number of rotatable bonds is 4. The van der Waals surface area contributed by atoms with E-state index in [9.17, 15) is 17.2 Å². The zero-order chi connectivity index (χ0) is 12.3. The van der Waals surface area contributed by atoms with E-state index >= 15 is 0 Å². The minimum atomic E-state index is -4.04. The molecular weight excluding hydrogens is 238 g/mol. The van der Waals surface area contributed by atoms with Crippen molar-refractivity contribution in [3.63, 3.8) is 0 Å². The predicted molar refractivity (Wildman–Crippen MR) is 56.2 cm³/mol. The molecule has 90 valence electrons. The Hall–Kier alpha value is -1.21. The lowest BCUT2D eigenvalue weighted by molar-refractivity contribution is 0.484. The second-order valence-corrected chi connectivity index (χ2v) is 4.95. The van der Waals surface area contributed by atoms with Crippen molar-refractivity contribution in [2.45, 2.75) is 18.2 Å². The minimum Gasteiger partial charge on any atom is -0.399 e. The van der Waals surface area contributed by atoms with Gasteiger partial charge in [-0.25, -0.2) is 21.9 Å². The average molecular weight is 250 g/mol. The van der Waals surface area contributed by atoms with Crippen LogP contribution in [0.5, 0.6) is 0 Å². The molecule has 0 unspecified atom stereocenters. The highest BCUT2D eigenvalue weighted by Crippen LogP contribution is 2.20. The highest BCUT2D eigenvalue weighted by Gasteiger charge is 2.21. The van der Waals surface area contributed by atoms with E-state index in [1.54, 1.807) is 6.92 Å². The summed E-state index contributed by atoms with van der Waals surface area (Å²) < 4.78 is 51.4. The van der Waals surface area contributed by atoms with Gasteiger partial charge in [0.1, 0.15) is 4.90 Å². The third-order valence-corrected chi connectivity index (χ3v) is 3.31. The number of nitrogens with two attached hydrogens (primary N) is 1. The Morgan fingerprint density at radius 1 is 1.38 bits per heavy atom. The van der Waals surface area contributed by atoms with Gasteiger partial charge < -0.3 is 5.73 Å². The molecule has 1 aromatic rings. The first-order valence-corrected chi connectivity index (χ1v) is 6.11. The monoisotopic (exact) mass is 250 g/mol. The smallest absolute Gasteiger partial charge is 0.243 e. The molecule has 0 spiro atoms. The normalized spacial score (nSPS) is 11.7. The van der Waals surface area contributed by atoms with E-state index in [1.807, 2.05) is 0 Å². The lowest BCUT2D eigenvalue weighted by Crippen LogP contribution is -2.25. The maximum Gasteiger partial charge on any atom is 0.243 e. The number of benzene rings is 1. The van der Waals surface area contributed by atoms with Gasteiger partial charge in [-0.3, -0.25) is 0 Å². The van der Waals surface area contributed by atoms with E-state index in [4.69, 9.17) is 5.73 Å². The van der Waals surface area contributed by atoms with Crippen molar-refractivity contribution >= 4 is 15.7 Å². The van der Waals surface area contributed by atoms with Crippen LogP contribution in [0.3, 0.4) is 0 Å². The van der Waals surface area contributed by atoms with Crippen LogP contribution < -0.4 is 10.5 Å². The number of nitrogen functional groups attached to an aromatic ring is 1. The Bertz CT molecular complexity index is 489. The van der Waals surface area contributed by atoms with E-state index in [0.29, 0.717) is 6.42 Å². The molecule has 0 radical (unpaired) electrons. The van der Waals surface area contributed by atoms with Crippen LogP contribution in [0.2, 0.25) is 0 Å². The van der Waals surface area contributed by atoms with Gasteiger partial charge in [0.25, 0.3) is 0 Å².